The number of rotatable bonds is 5. The summed E-state index contributed by atoms with van der Waals surface area (Å²) in [5.41, 5.74) is -0.744. The number of carboxylic acid groups (broad SMARTS) is 4. The van der Waals surface area contributed by atoms with Crippen LogP contribution in [0.1, 0.15) is 61.3 Å². The fraction of sp³-hybridized carbons (Fsp3) is 0.778. The fourth-order valence-corrected chi connectivity index (χ4v) is 0.939. The van der Waals surface area contributed by atoms with Gasteiger partial charge in [0.05, 0.1) is 26.2 Å². The standard InChI is InChI=1S/C6H14O3.C6H12O2.3C2H4O2/c1-2-6(3-7,4-8)5-9;1-6(2,3)4-5(7)8;3*1-2(3)4/h7-9H,2-5H2,1H3;4H2,1-3H3,(H,7,8);3*1H3,(H,3,4). The maximum Gasteiger partial charge on any atom is 0.303 e. The second-order valence-corrected chi connectivity index (χ2v) is 7.02. The van der Waals surface area contributed by atoms with E-state index in [2.05, 4.69) is 0 Å². The van der Waals surface area contributed by atoms with Crippen molar-refractivity contribution in [3.8, 4) is 0 Å². The zero-order chi connectivity index (χ0) is 24.8. The van der Waals surface area contributed by atoms with Gasteiger partial charge in [-0.1, -0.05) is 27.7 Å². The Hall–Kier alpha value is -2.24. The largest absolute Gasteiger partial charge is 0.481 e. The number of aliphatic hydroxyl groups excluding tert-OH is 3. The van der Waals surface area contributed by atoms with Gasteiger partial charge in [-0.15, -0.1) is 0 Å². The molecule has 0 radical (unpaired) electrons. The molecule has 0 aliphatic carbocycles. The van der Waals surface area contributed by atoms with E-state index in [1.54, 1.807) is 0 Å². The van der Waals surface area contributed by atoms with Crippen LogP contribution < -0.4 is 0 Å². The van der Waals surface area contributed by atoms with Gasteiger partial charge in [0.15, 0.2) is 0 Å². The molecule has 0 saturated heterocycles. The average Bonchev–Trinajstić information content (AvgIpc) is 2.46. The Morgan fingerprint density at radius 3 is 0.862 bits per heavy atom. The average molecular weight is 430 g/mol. The van der Waals surface area contributed by atoms with Crippen LogP contribution in [0.25, 0.3) is 0 Å². The topological polar surface area (TPSA) is 210 Å². The summed E-state index contributed by atoms with van der Waals surface area (Å²) >= 11 is 0. The van der Waals surface area contributed by atoms with E-state index < -0.39 is 29.3 Å². The van der Waals surface area contributed by atoms with Crippen LogP contribution in [-0.4, -0.2) is 79.4 Å². The summed E-state index contributed by atoms with van der Waals surface area (Å²) in [6.07, 6.45) is 0.837. The highest BCUT2D eigenvalue weighted by Gasteiger charge is 2.24. The molecule has 0 aliphatic rings. The lowest BCUT2D eigenvalue weighted by Gasteiger charge is -2.24. The molecule has 0 saturated carbocycles. The van der Waals surface area contributed by atoms with Crippen molar-refractivity contribution < 1.29 is 54.9 Å². The lowest BCUT2D eigenvalue weighted by Crippen LogP contribution is -2.32. The summed E-state index contributed by atoms with van der Waals surface area (Å²) in [4.78, 5) is 37.0. The van der Waals surface area contributed by atoms with Gasteiger partial charge in [0.25, 0.3) is 17.9 Å². The summed E-state index contributed by atoms with van der Waals surface area (Å²) in [6.45, 7) is 10.3. The molecule has 11 heteroatoms. The van der Waals surface area contributed by atoms with Gasteiger partial charge in [0.1, 0.15) is 0 Å². The smallest absolute Gasteiger partial charge is 0.303 e. The number of carbonyl (C=O) groups is 4. The summed E-state index contributed by atoms with van der Waals surface area (Å²) in [7, 11) is 0. The minimum Gasteiger partial charge on any atom is -0.481 e. The van der Waals surface area contributed by atoms with Crippen molar-refractivity contribution >= 4 is 23.9 Å². The summed E-state index contributed by atoms with van der Waals surface area (Å²) in [6, 6.07) is 0. The number of hydrogen-bond acceptors (Lipinski definition) is 7. The Bertz CT molecular complexity index is 378. The van der Waals surface area contributed by atoms with Crippen molar-refractivity contribution in [1.82, 2.24) is 0 Å². The molecule has 176 valence electrons. The van der Waals surface area contributed by atoms with E-state index in [-0.39, 0.29) is 31.7 Å². The van der Waals surface area contributed by atoms with Crippen LogP contribution in [0.4, 0.5) is 0 Å². The van der Waals surface area contributed by atoms with Crippen LogP contribution in [0, 0.1) is 10.8 Å². The normalized spacial score (nSPS) is 9.45. The Labute approximate surface area is 171 Å². The minimum absolute atomic E-state index is 0.0775. The van der Waals surface area contributed by atoms with Gasteiger partial charge in [-0.2, -0.15) is 0 Å². The predicted octanol–water partition coefficient (Wildman–Crippen LogP) is 1.14. The highest BCUT2D eigenvalue weighted by Crippen LogP contribution is 2.18. The highest BCUT2D eigenvalue weighted by atomic mass is 16.4. The number of carboxylic acids is 4. The quantitative estimate of drug-likeness (QED) is 0.328. The third kappa shape index (κ3) is 66.8. The second-order valence-electron chi connectivity index (χ2n) is 7.02. The third-order valence-corrected chi connectivity index (χ3v) is 2.44. The van der Waals surface area contributed by atoms with Crippen molar-refractivity contribution in [3.63, 3.8) is 0 Å². The zero-order valence-electron chi connectivity index (χ0n) is 18.3. The van der Waals surface area contributed by atoms with Gasteiger partial charge in [-0.25, -0.2) is 0 Å². The molecule has 0 aromatic heterocycles. The number of aliphatic hydroxyl groups is 3. The molecule has 0 fully saturated rings. The summed E-state index contributed by atoms with van der Waals surface area (Å²) in [5.74, 6) is -3.22. The van der Waals surface area contributed by atoms with E-state index in [9.17, 15) is 4.79 Å². The van der Waals surface area contributed by atoms with E-state index in [1.165, 1.54) is 0 Å². The molecule has 0 atom stereocenters. The molecule has 0 aliphatic heterocycles. The van der Waals surface area contributed by atoms with Gasteiger partial charge in [0, 0.05) is 26.2 Å². The first-order valence-electron chi connectivity index (χ1n) is 8.49. The van der Waals surface area contributed by atoms with Crippen molar-refractivity contribution in [2.24, 2.45) is 10.8 Å². The molecule has 0 rings (SSSR count). The lowest BCUT2D eigenvalue weighted by molar-refractivity contribution is -0.139. The summed E-state index contributed by atoms with van der Waals surface area (Å²) < 4.78 is 0. The molecular formula is C18H38O11. The lowest BCUT2D eigenvalue weighted by atomic mass is 9.88. The van der Waals surface area contributed by atoms with Gasteiger partial charge >= 0.3 is 5.97 Å². The zero-order valence-corrected chi connectivity index (χ0v) is 18.3. The molecule has 29 heavy (non-hydrogen) atoms. The van der Waals surface area contributed by atoms with E-state index in [0.717, 1.165) is 20.8 Å². The summed E-state index contributed by atoms with van der Waals surface area (Å²) in [5, 5.41) is 56.5. The molecule has 11 nitrogen and oxygen atoms in total. The van der Waals surface area contributed by atoms with Crippen LogP contribution in [0.2, 0.25) is 0 Å². The van der Waals surface area contributed by atoms with Crippen molar-refractivity contribution in [3.05, 3.63) is 0 Å². The minimum atomic E-state index is -0.833. The van der Waals surface area contributed by atoms with Gasteiger partial charge < -0.3 is 35.7 Å². The van der Waals surface area contributed by atoms with Crippen LogP contribution >= 0.6 is 0 Å². The van der Waals surface area contributed by atoms with E-state index in [0.29, 0.717) is 6.42 Å². The van der Waals surface area contributed by atoms with E-state index >= 15 is 0 Å². The highest BCUT2D eigenvalue weighted by molar-refractivity contribution is 5.67. The predicted molar refractivity (Wildman–Crippen MR) is 106 cm³/mol. The molecule has 0 bridgehead atoms. The Balaban J connectivity index is -0.0000000875. The van der Waals surface area contributed by atoms with Crippen LogP contribution in [0.3, 0.4) is 0 Å². The maximum atomic E-state index is 10.0. The number of aliphatic carboxylic acids is 4. The van der Waals surface area contributed by atoms with Crippen LogP contribution in [-0.2, 0) is 19.2 Å². The third-order valence-electron chi connectivity index (χ3n) is 2.44. The van der Waals surface area contributed by atoms with Crippen molar-refractivity contribution in [1.29, 1.82) is 0 Å². The SMILES string of the molecule is CC(=O)O.CC(=O)O.CC(=O)O.CC(C)(C)CC(=O)O.CCC(CO)(CO)CO. The Kier molecular flexibility index (Phi) is 28.5. The van der Waals surface area contributed by atoms with Gasteiger partial charge in [-0.05, 0) is 11.8 Å². The first-order valence-corrected chi connectivity index (χ1v) is 8.49. The maximum absolute atomic E-state index is 10.0. The molecular weight excluding hydrogens is 392 g/mol. The molecule has 0 heterocycles. The molecule has 0 unspecified atom stereocenters. The fourth-order valence-electron chi connectivity index (χ4n) is 0.939. The second kappa shape index (κ2) is 22.1. The van der Waals surface area contributed by atoms with Crippen molar-refractivity contribution in [2.45, 2.75) is 61.3 Å². The monoisotopic (exact) mass is 430 g/mol. The first kappa shape index (κ1) is 37.5. The molecule has 0 spiro atoms. The van der Waals surface area contributed by atoms with Crippen molar-refractivity contribution in [2.75, 3.05) is 19.8 Å². The van der Waals surface area contributed by atoms with Crippen LogP contribution in [0.5, 0.6) is 0 Å². The Morgan fingerprint density at radius 2 is 0.862 bits per heavy atom. The number of hydrogen-bond donors (Lipinski definition) is 7. The van der Waals surface area contributed by atoms with E-state index in [1.807, 2.05) is 27.7 Å². The van der Waals surface area contributed by atoms with E-state index in [4.69, 9.17) is 50.1 Å². The van der Waals surface area contributed by atoms with Crippen LogP contribution in [0.15, 0.2) is 0 Å². The van der Waals surface area contributed by atoms with Gasteiger partial charge in [0.2, 0.25) is 0 Å². The molecule has 0 aromatic rings. The first-order chi connectivity index (χ1) is 12.9. The van der Waals surface area contributed by atoms with Gasteiger partial charge in [-0.3, -0.25) is 19.2 Å². The Morgan fingerprint density at radius 1 is 0.655 bits per heavy atom. The molecule has 0 amide bonds. The molecule has 0 aromatic carbocycles. The molecule has 7 N–H and O–H groups in total.